The Morgan fingerprint density at radius 2 is 0.721 bits per heavy atom. The van der Waals surface area contributed by atoms with E-state index in [0.29, 0.717) is 143 Å². The molecule has 0 atom stereocenters. The number of benzene rings is 16. The third kappa shape index (κ3) is 19.4. The van der Waals surface area contributed by atoms with Crippen LogP contribution in [-0.2, 0) is 46.6 Å². The number of furan rings is 2. The van der Waals surface area contributed by atoms with Crippen LogP contribution in [-0.4, -0.2) is 19.9 Å². The number of pyridine rings is 4. The molecule has 0 bridgehead atoms. The molecule has 0 unspecified atom stereocenters. The maximum absolute atomic E-state index is 9.00. The molecule has 0 saturated heterocycles. The molecule has 2 aliphatic rings. The summed E-state index contributed by atoms with van der Waals surface area (Å²) in [7, 11) is 0. The van der Waals surface area contributed by atoms with E-state index in [1.807, 2.05) is 130 Å². The summed E-state index contributed by atoms with van der Waals surface area (Å²) in [4.78, 5) is 17.9. The van der Waals surface area contributed by atoms with E-state index < -0.39 is 85.2 Å². The molecule has 6 nitrogen and oxygen atoms in total. The van der Waals surface area contributed by atoms with Crippen LogP contribution < -0.4 is 0 Å². The normalized spacial score (nSPS) is 17.4. The molecule has 22 aromatic rings. The Balaban J connectivity index is 0.000000147. The monoisotopic (exact) mass is 2200 g/mol. The summed E-state index contributed by atoms with van der Waals surface area (Å²) in [6.07, 6.45) is 10.0. The van der Waals surface area contributed by atoms with Gasteiger partial charge in [0.05, 0.1) is 11.2 Å². The van der Waals surface area contributed by atoms with Crippen molar-refractivity contribution < 1.29 is 91.5 Å². The average molecular weight is 2200 g/mol. The predicted octanol–water partition coefficient (Wildman–Crippen LogP) is 36.3. The summed E-state index contributed by atoms with van der Waals surface area (Å²) in [5.74, 6) is -1.74. The van der Waals surface area contributed by atoms with Gasteiger partial charge in [0.25, 0.3) is 0 Å². The van der Waals surface area contributed by atoms with Crippen LogP contribution in [0.3, 0.4) is 0 Å². The van der Waals surface area contributed by atoms with E-state index in [0.717, 1.165) is 101 Å². The van der Waals surface area contributed by atoms with Crippen LogP contribution in [0.25, 0.3) is 199 Å². The Bertz CT molecular complexity index is 9370. The van der Waals surface area contributed by atoms with Gasteiger partial charge in [0.1, 0.15) is 11.2 Å². The van der Waals surface area contributed by atoms with E-state index >= 15 is 0 Å². The molecule has 2 radical (unpaired) electrons. The second-order valence-electron chi connectivity index (χ2n) is 36.3. The number of fused-ring (bicyclic) bond motifs is 14. The molecule has 24 rings (SSSR count). The molecule has 0 amide bonds. The van der Waals surface area contributed by atoms with Gasteiger partial charge in [-0.25, -0.2) is 0 Å². The molecular weight excluding hydrogens is 2060 g/mol. The van der Waals surface area contributed by atoms with Crippen molar-refractivity contribution in [2.75, 3.05) is 0 Å². The molecular formula is C132H112Ir2N4O2-4. The third-order valence-electron chi connectivity index (χ3n) is 26.1. The summed E-state index contributed by atoms with van der Waals surface area (Å²) >= 11 is 0. The van der Waals surface area contributed by atoms with E-state index in [-0.39, 0.29) is 113 Å². The second-order valence-corrected chi connectivity index (χ2v) is 36.3. The first kappa shape index (κ1) is 64.3. The Hall–Kier alpha value is -13.9. The van der Waals surface area contributed by atoms with Crippen molar-refractivity contribution >= 4 is 87.0 Å². The fraction of sp³-hybridized carbons (Fsp3) is 0.182. The van der Waals surface area contributed by atoms with Crippen molar-refractivity contribution in [3.63, 3.8) is 0 Å². The van der Waals surface area contributed by atoms with Crippen molar-refractivity contribution in [1.82, 2.24) is 19.9 Å². The van der Waals surface area contributed by atoms with Gasteiger partial charge < -0.3 is 28.8 Å². The molecule has 2 fully saturated rings. The number of hydrogen-bond donors (Lipinski definition) is 0. The van der Waals surface area contributed by atoms with E-state index in [9.17, 15) is 0 Å². The summed E-state index contributed by atoms with van der Waals surface area (Å²) in [6.45, 7) is -17.0. The minimum Gasteiger partial charge on any atom is -0.500 e. The van der Waals surface area contributed by atoms with Crippen LogP contribution in [0.15, 0.2) is 349 Å². The molecule has 0 N–H and O–H groups in total. The number of aromatic nitrogens is 4. The first-order valence-electron chi connectivity index (χ1n) is 61.7. The topological polar surface area (TPSA) is 77.8 Å². The number of hydrogen-bond acceptors (Lipinski definition) is 6. The number of nitrogens with zero attached hydrogens (tertiary/aromatic N) is 4. The molecule has 0 spiro atoms. The van der Waals surface area contributed by atoms with Gasteiger partial charge in [0.15, 0.2) is 0 Å². The van der Waals surface area contributed by atoms with Crippen molar-refractivity contribution in [2.45, 2.75) is 152 Å². The predicted molar refractivity (Wildman–Crippen MR) is 579 cm³/mol. The van der Waals surface area contributed by atoms with Crippen LogP contribution in [0.4, 0.5) is 0 Å². The maximum atomic E-state index is 9.00. The minimum atomic E-state index is -2.72. The molecule has 6 aromatic heterocycles. The van der Waals surface area contributed by atoms with Gasteiger partial charge in [0, 0.05) is 129 Å². The molecule has 16 aromatic carbocycles. The van der Waals surface area contributed by atoms with Crippen molar-refractivity contribution in [3.05, 3.63) is 431 Å². The van der Waals surface area contributed by atoms with E-state index in [4.69, 9.17) is 51.3 Å². The van der Waals surface area contributed by atoms with Gasteiger partial charge in [-0.3, -0.25) is 0 Å². The standard InChI is InChI=1S/2C45H36NO.C23H24N.C19H16N.2Ir/c2*1-27-23-33(30-9-4-5-10-30)18-20-35(27)34-19-21-36(28(2)24-34)41-25-42(46-26-29(41)3)40-14-8-13-38-39-22-17-32-16-15-31-11-6-7-12-37(31)43(32)45(39)47-44(38)40;1-17-10-12-20(14-21(17)19-8-6-5-7-9-19)22-13-11-18(16-24-22)15-23(2,3)4;1-14-8-11-19(20-13-14)17-10-9-15(2)18(12-17)16-6-4-3-5-7-16;;/h2*6-8,11-13,15-26,30H,4-5,9-10H2,1-3H3;5-11,13-14,16H,15H2,1-4H3;3-9,11-13H,1-2H3;;/q4*-1;;/i2*1D3,2D3,3D3,30D;1D3,15D2;1D3,2D3;;. The first-order chi connectivity index (χ1) is 79.6. The van der Waals surface area contributed by atoms with Crippen molar-refractivity contribution in [3.8, 4) is 112 Å². The average Bonchev–Trinajstić information content (AvgIpc) is 0.969. The van der Waals surface area contributed by atoms with Gasteiger partial charge in [-0.1, -0.05) is 360 Å². The largest absolute Gasteiger partial charge is 0.500 e. The van der Waals surface area contributed by atoms with E-state index in [1.54, 1.807) is 121 Å². The number of rotatable bonds is 13. The molecule has 6 heterocycles. The molecule has 2 saturated carbocycles. The second kappa shape index (κ2) is 40.9. The summed E-state index contributed by atoms with van der Waals surface area (Å²) < 4.78 is 270. The first-order valence-corrected chi connectivity index (χ1v) is 46.2. The van der Waals surface area contributed by atoms with Gasteiger partial charge >= 0.3 is 0 Å². The minimum absolute atomic E-state index is 0. The zero-order valence-corrected chi connectivity index (χ0v) is 81.6. The third-order valence-corrected chi connectivity index (χ3v) is 26.1. The molecule has 8 heteroatoms. The zero-order chi connectivity index (χ0) is 121. The Labute approximate surface area is 893 Å². The molecule has 2 aliphatic carbocycles. The van der Waals surface area contributed by atoms with E-state index in [2.05, 4.69) is 105 Å². The Morgan fingerprint density at radius 1 is 0.314 bits per heavy atom. The fourth-order valence-electron chi connectivity index (χ4n) is 19.3. The SMILES string of the molecule is [2H]C([2H])([2H])c1c[c-]c(-c2ccc(C([2H])([2H])C(C)(C)C)cn2)cc1-c1ccccc1.[2H]C([2H])([2H])c1cc(C2([2H])CCCC2)ccc1-c1ccc(-c2cc(-c3[c-]ccc4c3oc3c4ccc4ccc5ccccc5c43)ncc2C([2H])([2H])[2H])c(C([2H])([2H])[2H])c1.[2H]C([2H])([2H])c1cc(C2([2H])CCCC2)ccc1-c1ccc(-c2cc(-c3[c-]ccc4c3oc3c4ccc4ccc5ccccc5c43)ncc2C([2H])([2H])[2H])c(C([2H])([2H])[2H])c1.[2H]C([2H])([2H])c1ccc(-c2[c-]cc(C([2H])([2H])[2H])c(-c3ccccc3)c2)nc1.[Ir].[Ir]. The Morgan fingerprint density at radius 3 is 1.15 bits per heavy atom. The number of aryl methyl sites for hydroxylation is 9. The van der Waals surface area contributed by atoms with Gasteiger partial charge in [-0.2, -0.15) is 0 Å². The summed E-state index contributed by atoms with van der Waals surface area (Å²) in [6, 6.07) is 107. The van der Waals surface area contributed by atoms with E-state index in [1.165, 1.54) is 48.9 Å². The van der Waals surface area contributed by atoms with Crippen LogP contribution in [0.1, 0.15) is 193 Å². The van der Waals surface area contributed by atoms with Crippen LogP contribution in [0.2, 0.25) is 0 Å². The summed E-state index contributed by atoms with van der Waals surface area (Å²) in [5, 5.41) is 11.7. The summed E-state index contributed by atoms with van der Waals surface area (Å²) in [5.41, 5.74) is 12.6. The smallest absolute Gasteiger partial charge is 0.129 e. The molecule has 694 valence electrons. The zero-order valence-electron chi connectivity index (χ0n) is 108. The van der Waals surface area contributed by atoms with Crippen LogP contribution in [0, 0.1) is 91.3 Å². The van der Waals surface area contributed by atoms with Crippen molar-refractivity contribution in [1.29, 1.82) is 0 Å². The maximum Gasteiger partial charge on any atom is 0.129 e. The Kier molecular flexibility index (Phi) is 18.8. The van der Waals surface area contributed by atoms with Gasteiger partial charge in [-0.15, -0.1) is 95.1 Å². The fourth-order valence-corrected chi connectivity index (χ4v) is 19.3. The van der Waals surface area contributed by atoms with Gasteiger partial charge in [-0.05, 0) is 264 Å². The van der Waals surface area contributed by atoms with Crippen molar-refractivity contribution in [2.24, 2.45) is 5.41 Å². The quantitative estimate of drug-likeness (QED) is 0.0845. The molecule has 140 heavy (non-hydrogen) atoms. The molecule has 0 aliphatic heterocycles. The van der Waals surface area contributed by atoms with Crippen LogP contribution >= 0.6 is 0 Å². The van der Waals surface area contributed by atoms with Gasteiger partial charge in [0.2, 0.25) is 0 Å². The van der Waals surface area contributed by atoms with Crippen LogP contribution in [0.5, 0.6) is 0 Å².